The summed E-state index contributed by atoms with van der Waals surface area (Å²) in [4.78, 5) is 26.4. The van der Waals surface area contributed by atoms with Gasteiger partial charge in [-0.15, -0.1) is 0 Å². The van der Waals surface area contributed by atoms with Gasteiger partial charge in [0.25, 0.3) is 5.91 Å². The summed E-state index contributed by atoms with van der Waals surface area (Å²) in [5.74, 6) is -0.185. The summed E-state index contributed by atoms with van der Waals surface area (Å²) < 4.78 is 5.70. The van der Waals surface area contributed by atoms with Crippen LogP contribution < -0.4 is 10.6 Å². The van der Waals surface area contributed by atoms with Crippen LogP contribution in [0.15, 0.2) is 41.1 Å². The van der Waals surface area contributed by atoms with Gasteiger partial charge in [0.2, 0.25) is 0 Å². The molecule has 1 atom stereocenters. The van der Waals surface area contributed by atoms with Gasteiger partial charge in [-0.2, -0.15) is 11.3 Å². The first-order valence-corrected chi connectivity index (χ1v) is 9.61. The van der Waals surface area contributed by atoms with Gasteiger partial charge < -0.3 is 20.3 Å². The molecule has 3 amide bonds. The third-order valence-corrected chi connectivity index (χ3v) is 5.02. The van der Waals surface area contributed by atoms with E-state index in [1.165, 1.54) is 0 Å². The van der Waals surface area contributed by atoms with Gasteiger partial charge in [0.15, 0.2) is 0 Å². The Morgan fingerprint density at radius 3 is 2.92 bits per heavy atom. The van der Waals surface area contributed by atoms with E-state index in [0.29, 0.717) is 24.3 Å². The minimum Gasteiger partial charge on any atom is -0.376 e. The highest BCUT2D eigenvalue weighted by Crippen LogP contribution is 2.18. The quantitative estimate of drug-likeness (QED) is 0.816. The van der Waals surface area contributed by atoms with Crippen LogP contribution in [0.5, 0.6) is 0 Å². The van der Waals surface area contributed by atoms with Gasteiger partial charge >= 0.3 is 6.03 Å². The van der Waals surface area contributed by atoms with Crippen molar-refractivity contribution in [2.45, 2.75) is 25.5 Å². The number of carbonyl (C=O) groups is 2. The highest BCUT2D eigenvalue weighted by Gasteiger charge is 2.23. The molecule has 0 saturated carbocycles. The van der Waals surface area contributed by atoms with Crippen LogP contribution in [0.2, 0.25) is 0 Å². The van der Waals surface area contributed by atoms with Gasteiger partial charge in [-0.1, -0.05) is 6.07 Å². The third-order valence-electron chi connectivity index (χ3n) is 4.29. The van der Waals surface area contributed by atoms with E-state index in [9.17, 15) is 9.59 Å². The average molecular weight is 373 g/mol. The van der Waals surface area contributed by atoms with E-state index in [2.05, 4.69) is 10.6 Å². The fourth-order valence-corrected chi connectivity index (χ4v) is 3.60. The van der Waals surface area contributed by atoms with Crippen LogP contribution in [0.3, 0.4) is 0 Å². The number of benzene rings is 1. The standard InChI is InChI=1S/C19H23N3O3S/c1-20-18(23)15-4-2-5-16(10-15)21-19(24)22(11-14-7-9-26-13-14)12-17-6-3-8-25-17/h2,4-5,7,9-10,13,17H,3,6,8,11-12H2,1H3,(H,20,23)(H,21,24)/t17-/m0/s1. The summed E-state index contributed by atoms with van der Waals surface area (Å²) in [5, 5.41) is 9.54. The number of carbonyl (C=O) groups excluding carboxylic acids is 2. The average Bonchev–Trinajstić information content (AvgIpc) is 3.34. The second kappa shape index (κ2) is 8.82. The molecule has 2 N–H and O–H groups in total. The zero-order chi connectivity index (χ0) is 18.4. The first kappa shape index (κ1) is 18.4. The lowest BCUT2D eigenvalue weighted by molar-refractivity contribution is 0.0819. The molecule has 2 aromatic rings. The topological polar surface area (TPSA) is 70.7 Å². The number of rotatable bonds is 6. The van der Waals surface area contributed by atoms with Crippen LogP contribution in [0.4, 0.5) is 10.5 Å². The third kappa shape index (κ3) is 4.83. The summed E-state index contributed by atoms with van der Waals surface area (Å²) in [7, 11) is 1.58. The van der Waals surface area contributed by atoms with E-state index < -0.39 is 0 Å². The Morgan fingerprint density at radius 2 is 2.23 bits per heavy atom. The van der Waals surface area contributed by atoms with Crippen LogP contribution in [0.25, 0.3) is 0 Å². The largest absolute Gasteiger partial charge is 0.376 e. The van der Waals surface area contributed by atoms with Crippen molar-refractivity contribution in [1.29, 1.82) is 0 Å². The van der Waals surface area contributed by atoms with E-state index >= 15 is 0 Å². The summed E-state index contributed by atoms with van der Waals surface area (Å²) in [5.41, 5.74) is 2.20. The van der Waals surface area contributed by atoms with Crippen molar-refractivity contribution in [3.8, 4) is 0 Å². The molecule has 1 aromatic carbocycles. The summed E-state index contributed by atoms with van der Waals surface area (Å²) in [6.45, 7) is 1.84. The van der Waals surface area contributed by atoms with Crippen LogP contribution in [0, 0.1) is 0 Å². The molecular formula is C19H23N3O3S. The molecule has 1 fully saturated rings. The summed E-state index contributed by atoms with van der Waals surface area (Å²) >= 11 is 1.61. The van der Waals surface area contributed by atoms with Gasteiger partial charge in [-0.3, -0.25) is 4.79 Å². The van der Waals surface area contributed by atoms with E-state index in [-0.39, 0.29) is 18.0 Å². The highest BCUT2D eigenvalue weighted by molar-refractivity contribution is 7.07. The summed E-state index contributed by atoms with van der Waals surface area (Å²) in [6, 6.07) is 8.74. The van der Waals surface area contributed by atoms with E-state index in [1.54, 1.807) is 47.5 Å². The Morgan fingerprint density at radius 1 is 1.35 bits per heavy atom. The highest BCUT2D eigenvalue weighted by atomic mass is 32.1. The predicted octanol–water partition coefficient (Wildman–Crippen LogP) is 3.32. The van der Waals surface area contributed by atoms with Crippen LogP contribution in [-0.2, 0) is 11.3 Å². The second-order valence-corrected chi connectivity index (χ2v) is 7.02. The molecule has 6 nitrogen and oxygen atoms in total. The van der Waals surface area contributed by atoms with Gasteiger partial charge in [-0.05, 0) is 53.4 Å². The van der Waals surface area contributed by atoms with E-state index in [1.807, 2.05) is 16.8 Å². The van der Waals surface area contributed by atoms with Gasteiger partial charge in [0, 0.05) is 38.0 Å². The van der Waals surface area contributed by atoms with Crippen molar-refractivity contribution < 1.29 is 14.3 Å². The number of amides is 3. The molecule has 0 spiro atoms. The van der Waals surface area contributed by atoms with Crippen molar-refractivity contribution in [2.24, 2.45) is 0 Å². The molecule has 0 unspecified atom stereocenters. The number of ether oxygens (including phenoxy) is 1. The molecule has 1 aliphatic heterocycles. The van der Waals surface area contributed by atoms with Crippen LogP contribution in [0.1, 0.15) is 28.8 Å². The molecular weight excluding hydrogens is 350 g/mol. The van der Waals surface area contributed by atoms with Gasteiger partial charge in [-0.25, -0.2) is 4.79 Å². The first-order valence-electron chi connectivity index (χ1n) is 8.66. The Hall–Kier alpha value is -2.38. The van der Waals surface area contributed by atoms with Crippen molar-refractivity contribution in [3.05, 3.63) is 52.2 Å². The SMILES string of the molecule is CNC(=O)c1cccc(NC(=O)N(Cc2ccsc2)C[C@@H]2CCCO2)c1. The number of hydrogen-bond donors (Lipinski definition) is 2. The normalized spacial score (nSPS) is 16.3. The fraction of sp³-hybridized carbons (Fsp3) is 0.368. The molecule has 138 valence electrons. The molecule has 0 radical (unpaired) electrons. The maximum Gasteiger partial charge on any atom is 0.322 e. The zero-order valence-corrected chi connectivity index (χ0v) is 15.6. The first-order chi connectivity index (χ1) is 12.7. The minimum atomic E-state index is -0.194. The summed E-state index contributed by atoms with van der Waals surface area (Å²) in [6.07, 6.45) is 2.09. The Balaban J connectivity index is 1.70. The van der Waals surface area contributed by atoms with E-state index in [0.717, 1.165) is 25.0 Å². The molecule has 3 rings (SSSR count). The van der Waals surface area contributed by atoms with Crippen molar-refractivity contribution in [3.63, 3.8) is 0 Å². The minimum absolute atomic E-state index is 0.0802. The lowest BCUT2D eigenvalue weighted by atomic mass is 10.2. The second-order valence-electron chi connectivity index (χ2n) is 6.24. The van der Waals surface area contributed by atoms with Gasteiger partial charge in [0.1, 0.15) is 0 Å². The lowest BCUT2D eigenvalue weighted by Crippen LogP contribution is -2.39. The van der Waals surface area contributed by atoms with Crippen LogP contribution >= 0.6 is 11.3 Å². The number of nitrogens with one attached hydrogen (secondary N) is 2. The maximum atomic E-state index is 12.8. The Labute approximate surface area is 157 Å². The fourth-order valence-electron chi connectivity index (χ4n) is 2.94. The lowest BCUT2D eigenvalue weighted by Gasteiger charge is -2.25. The zero-order valence-electron chi connectivity index (χ0n) is 14.7. The van der Waals surface area contributed by atoms with Crippen molar-refractivity contribution in [2.75, 3.05) is 25.5 Å². The molecule has 2 heterocycles. The molecule has 1 aromatic heterocycles. The van der Waals surface area contributed by atoms with E-state index in [4.69, 9.17) is 4.74 Å². The number of anilines is 1. The molecule has 1 aliphatic rings. The van der Waals surface area contributed by atoms with Crippen LogP contribution in [-0.4, -0.2) is 43.1 Å². The number of nitrogens with zero attached hydrogens (tertiary/aromatic N) is 1. The number of hydrogen-bond acceptors (Lipinski definition) is 4. The smallest absolute Gasteiger partial charge is 0.322 e. The number of urea groups is 1. The Bertz CT molecular complexity index is 742. The molecule has 26 heavy (non-hydrogen) atoms. The predicted molar refractivity (Wildman–Crippen MR) is 103 cm³/mol. The Kier molecular flexibility index (Phi) is 6.25. The molecule has 0 bridgehead atoms. The monoisotopic (exact) mass is 373 g/mol. The molecule has 1 saturated heterocycles. The molecule has 7 heteroatoms. The van der Waals surface area contributed by atoms with Gasteiger partial charge in [0.05, 0.1) is 6.10 Å². The van der Waals surface area contributed by atoms with Crippen molar-refractivity contribution >= 4 is 29.0 Å². The molecule has 0 aliphatic carbocycles. The van der Waals surface area contributed by atoms with Crippen molar-refractivity contribution in [1.82, 2.24) is 10.2 Å². The maximum absolute atomic E-state index is 12.8. The number of thiophene rings is 1.